The van der Waals surface area contributed by atoms with Crippen LogP contribution >= 0.6 is 0 Å². The first-order valence-electron chi connectivity index (χ1n) is 8.71. The van der Waals surface area contributed by atoms with Gasteiger partial charge in [-0.2, -0.15) is 0 Å². The van der Waals surface area contributed by atoms with Crippen LogP contribution in [0.15, 0.2) is 0 Å². The second-order valence-corrected chi connectivity index (χ2v) is 8.84. The van der Waals surface area contributed by atoms with Gasteiger partial charge in [-0.15, -0.1) is 0 Å². The molecule has 0 heteroatoms. The fourth-order valence-corrected chi connectivity index (χ4v) is 3.78. The summed E-state index contributed by atoms with van der Waals surface area (Å²) in [5.41, 5.74) is 0.676. The molecule has 0 saturated heterocycles. The molecule has 0 aromatic carbocycles. The topological polar surface area (TPSA) is 0 Å². The number of hydrogen-bond donors (Lipinski definition) is 0. The Kier molecular flexibility index (Phi) is 6.40. The highest BCUT2D eigenvalue weighted by Gasteiger charge is 2.37. The van der Waals surface area contributed by atoms with Crippen molar-refractivity contribution < 1.29 is 0 Å². The third-order valence-electron chi connectivity index (χ3n) is 5.58. The fraction of sp³-hybridized carbons (Fsp3) is 1.00. The lowest BCUT2D eigenvalue weighted by molar-refractivity contribution is 0.0615. The molecule has 0 atom stereocenters. The second kappa shape index (κ2) is 7.14. The zero-order chi connectivity index (χ0) is 14.6. The summed E-state index contributed by atoms with van der Waals surface area (Å²) in [5.74, 6) is 4.91. The third-order valence-corrected chi connectivity index (χ3v) is 5.58. The van der Waals surface area contributed by atoms with Gasteiger partial charge in [-0.3, -0.25) is 0 Å². The maximum absolute atomic E-state index is 2.39. The van der Waals surface area contributed by atoms with Crippen LogP contribution in [0.1, 0.15) is 87.0 Å². The summed E-state index contributed by atoms with van der Waals surface area (Å²) < 4.78 is 0. The van der Waals surface area contributed by atoms with Crippen LogP contribution in [0.2, 0.25) is 0 Å². The van der Waals surface area contributed by atoms with Crippen LogP contribution in [0.5, 0.6) is 0 Å². The van der Waals surface area contributed by atoms with Crippen molar-refractivity contribution in [3.8, 4) is 0 Å². The van der Waals surface area contributed by atoms with Crippen LogP contribution in [0.4, 0.5) is 0 Å². The van der Waals surface area contributed by atoms with E-state index in [4.69, 9.17) is 0 Å². The molecule has 0 bridgehead atoms. The molecule has 0 heterocycles. The summed E-state index contributed by atoms with van der Waals surface area (Å²) in [5, 5.41) is 0. The van der Waals surface area contributed by atoms with Crippen molar-refractivity contribution in [3.63, 3.8) is 0 Å². The highest BCUT2D eigenvalue weighted by molar-refractivity contribution is 4.87. The van der Waals surface area contributed by atoms with E-state index in [0.717, 1.165) is 29.6 Å². The highest BCUT2D eigenvalue weighted by atomic mass is 14.4. The van der Waals surface area contributed by atoms with E-state index in [2.05, 4.69) is 48.5 Å². The van der Waals surface area contributed by atoms with Gasteiger partial charge in [-0.1, -0.05) is 61.3 Å². The Balaban J connectivity index is 0.000000191. The summed E-state index contributed by atoms with van der Waals surface area (Å²) in [6, 6.07) is 0. The van der Waals surface area contributed by atoms with Crippen LogP contribution < -0.4 is 0 Å². The highest BCUT2D eigenvalue weighted by Crippen LogP contribution is 2.47. The first-order valence-corrected chi connectivity index (χ1v) is 8.71. The Bertz CT molecular complexity index is 233. The van der Waals surface area contributed by atoms with Gasteiger partial charge in [0.1, 0.15) is 0 Å². The van der Waals surface area contributed by atoms with E-state index >= 15 is 0 Å². The monoisotopic (exact) mass is 266 g/mol. The molecule has 2 fully saturated rings. The molecule has 0 unspecified atom stereocenters. The van der Waals surface area contributed by atoms with E-state index in [-0.39, 0.29) is 0 Å². The minimum atomic E-state index is 0.676. The van der Waals surface area contributed by atoms with Gasteiger partial charge in [0.15, 0.2) is 0 Å². The van der Waals surface area contributed by atoms with Crippen molar-refractivity contribution in [3.05, 3.63) is 0 Å². The lowest BCUT2D eigenvalue weighted by atomic mass is 9.61. The Morgan fingerprint density at radius 3 is 1.42 bits per heavy atom. The summed E-state index contributed by atoms with van der Waals surface area (Å²) >= 11 is 0. The molecule has 0 nitrogen and oxygen atoms in total. The van der Waals surface area contributed by atoms with Gasteiger partial charge in [0.2, 0.25) is 0 Å². The first-order chi connectivity index (χ1) is 8.71. The molecule has 0 amide bonds. The van der Waals surface area contributed by atoms with Gasteiger partial charge in [0.25, 0.3) is 0 Å². The Morgan fingerprint density at radius 2 is 1.16 bits per heavy atom. The average Bonchev–Trinajstić information content (AvgIpc) is 2.27. The van der Waals surface area contributed by atoms with Crippen LogP contribution in [0.3, 0.4) is 0 Å². The third kappa shape index (κ3) is 5.88. The van der Waals surface area contributed by atoms with Gasteiger partial charge in [-0.25, -0.2) is 0 Å². The van der Waals surface area contributed by atoms with Gasteiger partial charge < -0.3 is 0 Å². The summed E-state index contributed by atoms with van der Waals surface area (Å²) in [7, 11) is 0. The molecule has 2 rings (SSSR count). The largest absolute Gasteiger partial charge is 0.0625 e. The van der Waals surface area contributed by atoms with E-state index in [1.807, 2.05) is 0 Å². The zero-order valence-electron chi connectivity index (χ0n) is 14.6. The fourth-order valence-electron chi connectivity index (χ4n) is 3.78. The quantitative estimate of drug-likeness (QED) is 0.532. The molecule has 19 heavy (non-hydrogen) atoms. The predicted octanol–water partition coefficient (Wildman–Crippen LogP) is 6.55. The molecular weight excluding hydrogens is 228 g/mol. The molecular formula is C19H38. The number of rotatable bonds is 2. The van der Waals surface area contributed by atoms with Crippen molar-refractivity contribution in [1.82, 2.24) is 0 Å². The minimum Gasteiger partial charge on any atom is -0.0625 e. The molecule has 2 aliphatic rings. The predicted molar refractivity (Wildman–Crippen MR) is 87.3 cm³/mol. The van der Waals surface area contributed by atoms with Crippen LogP contribution in [-0.2, 0) is 0 Å². The maximum atomic E-state index is 2.39. The van der Waals surface area contributed by atoms with Crippen molar-refractivity contribution >= 4 is 0 Å². The molecule has 0 aliphatic heterocycles. The first kappa shape index (κ1) is 17.1. The summed E-state index contributed by atoms with van der Waals surface area (Å²) in [4.78, 5) is 0. The lowest BCUT2D eigenvalue weighted by Gasteiger charge is -2.45. The van der Waals surface area contributed by atoms with Crippen molar-refractivity contribution in [2.45, 2.75) is 87.0 Å². The number of hydrogen-bond acceptors (Lipinski definition) is 0. The van der Waals surface area contributed by atoms with E-state index in [0.29, 0.717) is 5.41 Å². The van der Waals surface area contributed by atoms with Crippen molar-refractivity contribution in [2.24, 2.45) is 35.0 Å². The molecule has 0 radical (unpaired) electrons. The SMILES string of the molecule is CC(C)C1CC(C)(C)C1.CC1CCC(C(C)C)CC1. The molecule has 2 aliphatic carbocycles. The van der Waals surface area contributed by atoms with Crippen molar-refractivity contribution in [2.75, 3.05) is 0 Å². The van der Waals surface area contributed by atoms with Crippen LogP contribution in [0.25, 0.3) is 0 Å². The minimum absolute atomic E-state index is 0.676. The average molecular weight is 267 g/mol. The van der Waals surface area contributed by atoms with Crippen LogP contribution in [-0.4, -0.2) is 0 Å². The van der Waals surface area contributed by atoms with E-state index < -0.39 is 0 Å². The standard InChI is InChI=1S/C10H20.C9H18/c1-8(2)10-6-4-9(3)5-7-10;1-7(2)8-5-9(3,4)6-8/h8-10H,4-7H2,1-3H3;7-8H,5-6H2,1-4H3. The molecule has 0 N–H and O–H groups in total. The Morgan fingerprint density at radius 1 is 0.737 bits per heavy atom. The maximum Gasteiger partial charge on any atom is -0.0349 e. The van der Waals surface area contributed by atoms with Crippen LogP contribution in [0, 0.1) is 35.0 Å². The molecule has 0 aromatic rings. The smallest absolute Gasteiger partial charge is 0.0349 e. The Labute approximate surface area is 122 Å². The molecule has 0 spiro atoms. The second-order valence-electron chi connectivity index (χ2n) is 8.84. The summed E-state index contributed by atoms with van der Waals surface area (Å²) in [6.07, 6.45) is 8.82. The normalized spacial score (nSPS) is 30.8. The van der Waals surface area contributed by atoms with E-state index in [9.17, 15) is 0 Å². The van der Waals surface area contributed by atoms with E-state index in [1.54, 1.807) is 0 Å². The Hall–Kier alpha value is 0. The molecule has 114 valence electrons. The van der Waals surface area contributed by atoms with E-state index in [1.165, 1.54) is 38.5 Å². The van der Waals surface area contributed by atoms with Gasteiger partial charge >= 0.3 is 0 Å². The zero-order valence-corrected chi connectivity index (χ0v) is 14.6. The lowest BCUT2D eigenvalue weighted by Crippen LogP contribution is -2.34. The van der Waals surface area contributed by atoms with Gasteiger partial charge in [0.05, 0.1) is 0 Å². The van der Waals surface area contributed by atoms with Crippen molar-refractivity contribution in [1.29, 1.82) is 0 Å². The summed E-state index contributed by atoms with van der Waals surface area (Å²) in [6.45, 7) is 16.5. The molecule has 0 aromatic heterocycles. The molecule has 2 saturated carbocycles. The van der Waals surface area contributed by atoms with Gasteiger partial charge in [-0.05, 0) is 60.7 Å². The van der Waals surface area contributed by atoms with Gasteiger partial charge in [0, 0.05) is 0 Å².